The molecule has 0 aliphatic rings. The number of halogens is 2. The number of hydrogen-bond acceptors (Lipinski definition) is 2. The first-order valence-corrected chi connectivity index (χ1v) is 5.05. The third-order valence-corrected chi connectivity index (χ3v) is 2.73. The van der Waals surface area contributed by atoms with Gasteiger partial charge in [-0.2, -0.15) is 0 Å². The molecule has 4 heteroatoms. The topological polar surface area (TPSA) is 22.4 Å². The van der Waals surface area contributed by atoms with Crippen molar-refractivity contribution in [3.63, 3.8) is 0 Å². The highest BCUT2D eigenvalue weighted by Gasteiger charge is 2.06. The van der Waals surface area contributed by atoms with E-state index in [9.17, 15) is 0 Å². The van der Waals surface area contributed by atoms with Gasteiger partial charge in [0.1, 0.15) is 5.76 Å². The van der Waals surface area contributed by atoms with Crippen LogP contribution in [0.4, 0.5) is 0 Å². The maximum atomic E-state index is 5.90. The second kappa shape index (κ2) is 4.17. The molecular weight excluding hydrogens is 235 g/mol. The highest BCUT2D eigenvalue weighted by Crippen LogP contribution is 2.31. The standard InChI is InChI=1S/C11H8Cl2O2/c1-14-11-5-4-10(15-11)7-2-3-8(12)9(13)6-7/h2-6H,1H3. The van der Waals surface area contributed by atoms with Crippen molar-refractivity contribution < 1.29 is 9.15 Å². The van der Waals surface area contributed by atoms with E-state index in [1.807, 2.05) is 12.1 Å². The number of methoxy groups -OCH3 is 1. The van der Waals surface area contributed by atoms with Gasteiger partial charge in [-0.1, -0.05) is 23.2 Å². The first-order chi connectivity index (χ1) is 7.20. The molecule has 2 rings (SSSR count). The third kappa shape index (κ3) is 2.11. The largest absolute Gasteiger partial charge is 0.468 e. The molecule has 1 heterocycles. The Kier molecular flexibility index (Phi) is 2.89. The molecule has 1 aromatic carbocycles. The summed E-state index contributed by atoms with van der Waals surface area (Å²) in [5, 5.41) is 1.03. The summed E-state index contributed by atoms with van der Waals surface area (Å²) in [5.41, 5.74) is 0.868. The molecule has 0 unspecified atom stereocenters. The summed E-state index contributed by atoms with van der Waals surface area (Å²) in [6.07, 6.45) is 0. The smallest absolute Gasteiger partial charge is 0.284 e. The fourth-order valence-electron chi connectivity index (χ4n) is 1.23. The second-order valence-electron chi connectivity index (χ2n) is 2.95. The van der Waals surface area contributed by atoms with E-state index in [1.54, 1.807) is 25.3 Å². The van der Waals surface area contributed by atoms with Crippen molar-refractivity contribution in [1.29, 1.82) is 0 Å². The maximum Gasteiger partial charge on any atom is 0.284 e. The molecular formula is C11H8Cl2O2. The van der Waals surface area contributed by atoms with Gasteiger partial charge in [0.15, 0.2) is 0 Å². The van der Waals surface area contributed by atoms with Crippen LogP contribution in [0, 0.1) is 0 Å². The van der Waals surface area contributed by atoms with Crippen LogP contribution in [-0.4, -0.2) is 7.11 Å². The van der Waals surface area contributed by atoms with Gasteiger partial charge in [-0.3, -0.25) is 0 Å². The maximum absolute atomic E-state index is 5.90. The summed E-state index contributed by atoms with van der Waals surface area (Å²) < 4.78 is 10.3. The Balaban J connectivity index is 2.40. The SMILES string of the molecule is COc1ccc(-c2ccc(Cl)c(Cl)c2)o1. The number of hydrogen-bond donors (Lipinski definition) is 0. The third-order valence-electron chi connectivity index (χ3n) is 1.99. The van der Waals surface area contributed by atoms with Gasteiger partial charge in [0.2, 0.25) is 0 Å². The average molecular weight is 243 g/mol. The summed E-state index contributed by atoms with van der Waals surface area (Å²) in [6.45, 7) is 0. The lowest BCUT2D eigenvalue weighted by Crippen LogP contribution is -1.77. The normalized spacial score (nSPS) is 10.3. The summed E-state index contributed by atoms with van der Waals surface area (Å²) in [7, 11) is 1.55. The van der Waals surface area contributed by atoms with Crippen LogP contribution in [0.15, 0.2) is 34.7 Å². The molecule has 0 saturated heterocycles. The molecule has 0 amide bonds. The Morgan fingerprint density at radius 3 is 2.47 bits per heavy atom. The van der Waals surface area contributed by atoms with Gasteiger partial charge < -0.3 is 9.15 Å². The molecule has 0 fully saturated rings. The first-order valence-electron chi connectivity index (χ1n) is 4.30. The molecule has 78 valence electrons. The molecule has 2 nitrogen and oxygen atoms in total. The molecule has 15 heavy (non-hydrogen) atoms. The van der Waals surface area contributed by atoms with Gasteiger partial charge in [-0.25, -0.2) is 0 Å². The molecule has 0 aliphatic heterocycles. The van der Waals surface area contributed by atoms with Crippen molar-refractivity contribution in [2.75, 3.05) is 7.11 Å². The predicted octanol–water partition coefficient (Wildman–Crippen LogP) is 4.26. The summed E-state index contributed by atoms with van der Waals surface area (Å²) in [6, 6.07) is 8.89. The Hall–Kier alpha value is -1.12. The van der Waals surface area contributed by atoms with E-state index >= 15 is 0 Å². The highest BCUT2D eigenvalue weighted by atomic mass is 35.5. The Bertz CT molecular complexity index is 477. The first kappa shape index (κ1) is 10.4. The van der Waals surface area contributed by atoms with Crippen LogP contribution >= 0.6 is 23.2 Å². The van der Waals surface area contributed by atoms with E-state index in [4.69, 9.17) is 32.4 Å². The second-order valence-corrected chi connectivity index (χ2v) is 3.77. The molecule has 0 atom stereocenters. The molecule has 0 N–H and O–H groups in total. The minimum Gasteiger partial charge on any atom is -0.468 e. The van der Waals surface area contributed by atoms with E-state index < -0.39 is 0 Å². The number of benzene rings is 1. The zero-order chi connectivity index (χ0) is 10.8. The Morgan fingerprint density at radius 1 is 1.07 bits per heavy atom. The van der Waals surface area contributed by atoms with Crippen LogP contribution in [0.25, 0.3) is 11.3 Å². The van der Waals surface area contributed by atoms with Gasteiger partial charge in [0.25, 0.3) is 5.95 Å². The molecule has 0 saturated carbocycles. The van der Waals surface area contributed by atoms with E-state index in [1.165, 1.54) is 0 Å². The fraction of sp³-hybridized carbons (Fsp3) is 0.0909. The van der Waals surface area contributed by atoms with Crippen LogP contribution in [-0.2, 0) is 0 Å². The number of ether oxygens (including phenoxy) is 1. The average Bonchev–Trinajstić information content (AvgIpc) is 2.70. The van der Waals surface area contributed by atoms with Crippen LogP contribution in [0.5, 0.6) is 5.95 Å². The molecule has 0 spiro atoms. The van der Waals surface area contributed by atoms with Crippen molar-refractivity contribution >= 4 is 23.2 Å². The van der Waals surface area contributed by atoms with Gasteiger partial charge in [0.05, 0.1) is 17.2 Å². The fourth-order valence-corrected chi connectivity index (χ4v) is 1.53. The highest BCUT2D eigenvalue weighted by molar-refractivity contribution is 6.42. The van der Waals surface area contributed by atoms with E-state index in [0.29, 0.717) is 21.8 Å². The van der Waals surface area contributed by atoms with E-state index in [2.05, 4.69) is 0 Å². The molecule has 0 aliphatic carbocycles. The Morgan fingerprint density at radius 2 is 1.87 bits per heavy atom. The van der Waals surface area contributed by atoms with Gasteiger partial charge >= 0.3 is 0 Å². The molecule has 0 radical (unpaired) electrons. The number of furan rings is 1. The van der Waals surface area contributed by atoms with Crippen LogP contribution in [0.2, 0.25) is 10.0 Å². The van der Waals surface area contributed by atoms with Crippen molar-refractivity contribution in [1.82, 2.24) is 0 Å². The van der Waals surface area contributed by atoms with Crippen LogP contribution in [0.1, 0.15) is 0 Å². The van der Waals surface area contributed by atoms with Crippen LogP contribution in [0.3, 0.4) is 0 Å². The van der Waals surface area contributed by atoms with Crippen molar-refractivity contribution in [3.05, 3.63) is 40.4 Å². The summed E-state index contributed by atoms with van der Waals surface area (Å²) in [4.78, 5) is 0. The number of rotatable bonds is 2. The van der Waals surface area contributed by atoms with Crippen LogP contribution < -0.4 is 4.74 Å². The summed E-state index contributed by atoms with van der Waals surface area (Å²) in [5.74, 6) is 1.17. The minimum atomic E-state index is 0.469. The van der Waals surface area contributed by atoms with Gasteiger partial charge in [-0.05, 0) is 24.3 Å². The van der Waals surface area contributed by atoms with Gasteiger partial charge in [-0.15, -0.1) is 0 Å². The molecule has 1 aromatic heterocycles. The lowest BCUT2D eigenvalue weighted by molar-refractivity contribution is 0.309. The lowest BCUT2D eigenvalue weighted by atomic mass is 10.2. The van der Waals surface area contributed by atoms with Gasteiger partial charge in [0, 0.05) is 11.6 Å². The zero-order valence-corrected chi connectivity index (χ0v) is 9.47. The predicted molar refractivity (Wildman–Crippen MR) is 60.7 cm³/mol. The van der Waals surface area contributed by atoms with E-state index in [0.717, 1.165) is 5.56 Å². The van der Waals surface area contributed by atoms with Crippen molar-refractivity contribution in [2.24, 2.45) is 0 Å². The van der Waals surface area contributed by atoms with Crippen molar-refractivity contribution in [3.8, 4) is 17.3 Å². The molecule has 0 bridgehead atoms. The lowest BCUT2D eigenvalue weighted by Gasteiger charge is -1.99. The van der Waals surface area contributed by atoms with Crippen molar-refractivity contribution in [2.45, 2.75) is 0 Å². The minimum absolute atomic E-state index is 0.469. The quantitative estimate of drug-likeness (QED) is 0.786. The zero-order valence-electron chi connectivity index (χ0n) is 7.96. The molecule has 2 aromatic rings. The Labute approximate surface area is 97.4 Å². The monoisotopic (exact) mass is 242 g/mol. The van der Waals surface area contributed by atoms with E-state index in [-0.39, 0.29) is 0 Å². The summed E-state index contributed by atoms with van der Waals surface area (Å²) >= 11 is 11.7.